The van der Waals surface area contributed by atoms with Crippen LogP contribution in [0.3, 0.4) is 0 Å². The number of nitrogens with zero attached hydrogens (tertiary/aromatic N) is 2. The van der Waals surface area contributed by atoms with E-state index in [0.29, 0.717) is 12.1 Å². The van der Waals surface area contributed by atoms with Crippen LogP contribution in [0.1, 0.15) is 45.2 Å². The summed E-state index contributed by atoms with van der Waals surface area (Å²) in [5.41, 5.74) is 5.29. The minimum Gasteiger partial charge on any atom is -0.396 e. The number of aliphatic hydroxyl groups excluding tert-OH is 1. The molecule has 30 heavy (non-hydrogen) atoms. The van der Waals surface area contributed by atoms with E-state index in [9.17, 15) is 5.11 Å². The Labute approximate surface area is 176 Å². The minimum atomic E-state index is 0.230. The summed E-state index contributed by atoms with van der Waals surface area (Å²) in [6, 6.07) is 22.9. The number of aliphatic hydroxyl groups is 1. The molecule has 1 aliphatic rings. The monoisotopic (exact) mass is 396 g/mol. The topological polar surface area (TPSA) is 30.1 Å². The first-order chi connectivity index (χ1) is 14.7. The van der Waals surface area contributed by atoms with Gasteiger partial charge in [0.15, 0.2) is 0 Å². The van der Waals surface area contributed by atoms with Gasteiger partial charge in [0.05, 0.1) is 11.0 Å². The fourth-order valence-electron chi connectivity index (χ4n) is 6.14. The first kappa shape index (κ1) is 18.0. The van der Waals surface area contributed by atoms with Crippen LogP contribution >= 0.6 is 0 Å². The van der Waals surface area contributed by atoms with E-state index in [-0.39, 0.29) is 12.5 Å². The zero-order valence-corrected chi connectivity index (χ0v) is 17.7. The zero-order valence-electron chi connectivity index (χ0n) is 17.7. The van der Waals surface area contributed by atoms with E-state index in [0.717, 1.165) is 19.3 Å². The molecule has 2 aromatic heterocycles. The number of para-hydroxylation sites is 2. The average molecular weight is 397 g/mol. The number of hydrogen-bond donors (Lipinski definition) is 1. The predicted molar refractivity (Wildman–Crippen MR) is 126 cm³/mol. The third-order valence-corrected chi connectivity index (χ3v) is 7.32. The van der Waals surface area contributed by atoms with Gasteiger partial charge in [0, 0.05) is 57.2 Å². The molecule has 0 saturated carbocycles. The quantitative estimate of drug-likeness (QED) is 0.356. The van der Waals surface area contributed by atoms with Crippen molar-refractivity contribution in [3.63, 3.8) is 0 Å². The molecule has 3 heterocycles. The molecule has 0 aliphatic carbocycles. The molecule has 3 nitrogen and oxygen atoms in total. The number of benzene rings is 3. The molecular weight excluding hydrogens is 368 g/mol. The van der Waals surface area contributed by atoms with Gasteiger partial charge in [-0.15, -0.1) is 0 Å². The highest BCUT2D eigenvalue weighted by Gasteiger charge is 2.32. The van der Waals surface area contributed by atoms with E-state index in [4.69, 9.17) is 0 Å². The average Bonchev–Trinajstić information content (AvgIpc) is 3.28. The number of hydrogen-bond acceptors (Lipinski definition) is 1. The molecular formula is C27H28N2O. The Balaban J connectivity index is 1.91. The summed E-state index contributed by atoms with van der Waals surface area (Å²) in [5.74, 6) is 0.239. The summed E-state index contributed by atoms with van der Waals surface area (Å²) in [6.45, 7) is 4.82. The van der Waals surface area contributed by atoms with E-state index < -0.39 is 0 Å². The Morgan fingerprint density at radius 1 is 0.800 bits per heavy atom. The lowest BCUT2D eigenvalue weighted by atomic mass is 9.89. The van der Waals surface area contributed by atoms with Crippen LogP contribution in [0.15, 0.2) is 60.7 Å². The largest absolute Gasteiger partial charge is 0.396 e. The normalized spacial score (nSPS) is 21.8. The second-order valence-corrected chi connectivity index (χ2v) is 9.02. The van der Waals surface area contributed by atoms with Crippen molar-refractivity contribution < 1.29 is 5.11 Å². The third-order valence-electron chi connectivity index (χ3n) is 7.32. The molecule has 3 atom stereocenters. The Kier molecular flexibility index (Phi) is 3.97. The maximum absolute atomic E-state index is 10.5. The second-order valence-electron chi connectivity index (χ2n) is 9.02. The minimum absolute atomic E-state index is 0.230. The van der Waals surface area contributed by atoms with Gasteiger partial charge >= 0.3 is 0 Å². The van der Waals surface area contributed by atoms with Crippen LogP contribution in [0.5, 0.6) is 0 Å². The molecule has 5 aromatic rings. The van der Waals surface area contributed by atoms with Crippen LogP contribution in [0, 0.1) is 5.92 Å². The van der Waals surface area contributed by atoms with Crippen LogP contribution < -0.4 is 0 Å². The number of fused-ring (bicyclic) bond motifs is 6. The van der Waals surface area contributed by atoms with E-state index in [2.05, 4.69) is 83.6 Å². The SMILES string of the molecule is CCCC1C(CO)CC(C)n2c3ccccc3c3ccc4c5ccccc5n1c4c32. The molecule has 0 radical (unpaired) electrons. The molecule has 0 spiro atoms. The van der Waals surface area contributed by atoms with Gasteiger partial charge < -0.3 is 14.2 Å². The van der Waals surface area contributed by atoms with Crippen molar-refractivity contribution >= 4 is 43.6 Å². The molecule has 3 unspecified atom stereocenters. The van der Waals surface area contributed by atoms with Gasteiger partial charge in [0.2, 0.25) is 0 Å². The molecule has 6 rings (SSSR count). The second kappa shape index (κ2) is 6.61. The Bertz CT molecular complexity index is 1410. The standard InChI is InChI=1S/C27H28N2O/c1-3-8-23-18(16-30)15-17(2)28-24-11-6-4-9-19(24)21-13-14-22-20-10-5-7-12-25(20)29(23)27(22)26(21)28/h4-7,9-14,17-18,23,30H,3,8,15-16H2,1-2H3. The van der Waals surface area contributed by atoms with Gasteiger partial charge in [0.25, 0.3) is 0 Å². The third kappa shape index (κ3) is 2.24. The number of rotatable bonds is 3. The van der Waals surface area contributed by atoms with Gasteiger partial charge in [-0.2, -0.15) is 0 Å². The van der Waals surface area contributed by atoms with E-state index >= 15 is 0 Å². The summed E-state index contributed by atoms with van der Waals surface area (Å²) >= 11 is 0. The molecule has 3 heteroatoms. The van der Waals surface area contributed by atoms with Crippen LogP contribution in [-0.4, -0.2) is 20.8 Å². The summed E-state index contributed by atoms with van der Waals surface area (Å²) < 4.78 is 5.13. The van der Waals surface area contributed by atoms with Crippen LogP contribution in [-0.2, 0) is 0 Å². The highest BCUT2D eigenvalue weighted by molar-refractivity contribution is 6.22. The van der Waals surface area contributed by atoms with Crippen molar-refractivity contribution in [2.75, 3.05) is 6.61 Å². The van der Waals surface area contributed by atoms with Crippen LogP contribution in [0.4, 0.5) is 0 Å². The maximum Gasteiger partial charge on any atom is 0.0742 e. The maximum atomic E-state index is 10.5. The Hall–Kier alpha value is -2.78. The molecule has 3 aromatic carbocycles. The smallest absolute Gasteiger partial charge is 0.0742 e. The molecule has 0 amide bonds. The van der Waals surface area contributed by atoms with Crippen molar-refractivity contribution in [1.82, 2.24) is 9.13 Å². The molecule has 152 valence electrons. The van der Waals surface area contributed by atoms with Gasteiger partial charge in [-0.05, 0) is 31.9 Å². The first-order valence-corrected chi connectivity index (χ1v) is 11.3. The van der Waals surface area contributed by atoms with Crippen LogP contribution in [0.25, 0.3) is 43.6 Å². The highest BCUT2D eigenvalue weighted by atomic mass is 16.3. The van der Waals surface area contributed by atoms with Gasteiger partial charge in [-0.3, -0.25) is 0 Å². The predicted octanol–water partition coefficient (Wildman–Crippen LogP) is 6.82. The lowest BCUT2D eigenvalue weighted by molar-refractivity contribution is 0.152. The van der Waals surface area contributed by atoms with E-state index in [1.54, 1.807) is 0 Å². The number of aromatic nitrogens is 2. The molecule has 0 saturated heterocycles. The van der Waals surface area contributed by atoms with Crippen LogP contribution in [0.2, 0.25) is 0 Å². The lowest BCUT2D eigenvalue weighted by Gasteiger charge is -2.34. The summed E-state index contributed by atoms with van der Waals surface area (Å²) in [5, 5.41) is 15.8. The Morgan fingerprint density at radius 2 is 1.37 bits per heavy atom. The molecule has 1 N–H and O–H groups in total. The van der Waals surface area contributed by atoms with Gasteiger partial charge in [0.1, 0.15) is 0 Å². The van der Waals surface area contributed by atoms with Crippen molar-refractivity contribution in [3.05, 3.63) is 60.7 Å². The highest BCUT2D eigenvalue weighted by Crippen LogP contribution is 2.46. The van der Waals surface area contributed by atoms with Gasteiger partial charge in [-0.25, -0.2) is 0 Å². The summed E-state index contributed by atoms with van der Waals surface area (Å²) in [6.07, 6.45) is 3.18. The zero-order chi connectivity index (χ0) is 20.4. The van der Waals surface area contributed by atoms with E-state index in [1.165, 1.54) is 43.6 Å². The first-order valence-electron chi connectivity index (χ1n) is 11.3. The van der Waals surface area contributed by atoms with Crippen molar-refractivity contribution in [1.29, 1.82) is 0 Å². The lowest BCUT2D eigenvalue weighted by Crippen LogP contribution is -2.27. The molecule has 1 aliphatic heterocycles. The summed E-state index contributed by atoms with van der Waals surface area (Å²) in [7, 11) is 0. The van der Waals surface area contributed by atoms with E-state index in [1.807, 2.05) is 0 Å². The fraction of sp³-hybridized carbons (Fsp3) is 0.333. The molecule has 0 bridgehead atoms. The van der Waals surface area contributed by atoms with Crippen molar-refractivity contribution in [2.45, 2.75) is 45.2 Å². The summed E-state index contributed by atoms with van der Waals surface area (Å²) in [4.78, 5) is 0. The Morgan fingerprint density at radius 3 is 1.97 bits per heavy atom. The van der Waals surface area contributed by atoms with Crippen molar-refractivity contribution in [2.24, 2.45) is 5.92 Å². The fourth-order valence-corrected chi connectivity index (χ4v) is 6.14. The molecule has 0 fully saturated rings. The van der Waals surface area contributed by atoms with Gasteiger partial charge in [-0.1, -0.05) is 61.9 Å². The van der Waals surface area contributed by atoms with Crippen molar-refractivity contribution in [3.8, 4) is 0 Å².